The van der Waals surface area contributed by atoms with Gasteiger partial charge in [-0.05, 0) is 63.9 Å². The third kappa shape index (κ3) is 4.73. The molecule has 1 atom stereocenters. The van der Waals surface area contributed by atoms with Crippen molar-refractivity contribution in [3.63, 3.8) is 0 Å². The van der Waals surface area contributed by atoms with Gasteiger partial charge >= 0.3 is 6.09 Å². The molecule has 0 bridgehead atoms. The average Bonchev–Trinajstić information content (AvgIpc) is 2.46. The SMILES string of the molecule is CC(C)(C)OC(=O)N1CCCCC1C(=O)Sc1ccccn1. The van der Waals surface area contributed by atoms with Crippen LogP contribution in [0.15, 0.2) is 29.4 Å². The Labute approximate surface area is 135 Å². The summed E-state index contributed by atoms with van der Waals surface area (Å²) in [5, 5.41) is 0.603. The van der Waals surface area contributed by atoms with Gasteiger partial charge in [0.05, 0.1) is 0 Å². The van der Waals surface area contributed by atoms with Crippen LogP contribution in [-0.2, 0) is 9.53 Å². The number of pyridine rings is 1. The van der Waals surface area contributed by atoms with E-state index in [4.69, 9.17) is 4.74 Å². The number of ether oxygens (including phenoxy) is 1. The van der Waals surface area contributed by atoms with Crippen LogP contribution in [0, 0.1) is 0 Å². The lowest BCUT2D eigenvalue weighted by atomic mass is 10.0. The third-order valence-electron chi connectivity index (χ3n) is 3.25. The molecule has 1 aliphatic heterocycles. The van der Waals surface area contributed by atoms with Gasteiger partial charge in [-0.25, -0.2) is 9.78 Å². The van der Waals surface area contributed by atoms with Crippen molar-refractivity contribution in [2.24, 2.45) is 0 Å². The molecule has 1 fully saturated rings. The number of carbonyl (C=O) groups is 2. The second-order valence-electron chi connectivity index (χ2n) is 6.27. The zero-order valence-corrected chi connectivity index (χ0v) is 14.1. The molecule has 120 valence electrons. The Morgan fingerprint density at radius 2 is 2.09 bits per heavy atom. The largest absolute Gasteiger partial charge is 0.444 e. The Morgan fingerprint density at radius 3 is 2.73 bits per heavy atom. The van der Waals surface area contributed by atoms with E-state index >= 15 is 0 Å². The van der Waals surface area contributed by atoms with Crippen molar-refractivity contribution >= 4 is 23.0 Å². The highest BCUT2D eigenvalue weighted by Crippen LogP contribution is 2.27. The number of aromatic nitrogens is 1. The first-order valence-electron chi connectivity index (χ1n) is 7.49. The third-order valence-corrected chi connectivity index (χ3v) is 4.17. The van der Waals surface area contributed by atoms with Crippen LogP contribution in [0.2, 0.25) is 0 Å². The van der Waals surface area contributed by atoms with Gasteiger partial charge in [-0.15, -0.1) is 0 Å². The molecule has 2 heterocycles. The van der Waals surface area contributed by atoms with Gasteiger partial charge in [0.2, 0.25) is 5.12 Å². The summed E-state index contributed by atoms with van der Waals surface area (Å²) in [4.78, 5) is 30.5. The summed E-state index contributed by atoms with van der Waals surface area (Å²) in [5.41, 5.74) is -0.559. The van der Waals surface area contributed by atoms with E-state index < -0.39 is 17.7 Å². The normalized spacial score (nSPS) is 18.9. The molecular formula is C16H22N2O3S. The highest BCUT2D eigenvalue weighted by Gasteiger charge is 2.35. The van der Waals surface area contributed by atoms with Crippen LogP contribution < -0.4 is 0 Å². The first-order chi connectivity index (χ1) is 10.4. The predicted molar refractivity (Wildman–Crippen MR) is 85.7 cm³/mol. The van der Waals surface area contributed by atoms with E-state index in [0.29, 0.717) is 18.0 Å². The molecule has 0 radical (unpaired) electrons. The molecule has 0 N–H and O–H groups in total. The minimum absolute atomic E-state index is 0.0516. The summed E-state index contributed by atoms with van der Waals surface area (Å²) in [7, 11) is 0. The van der Waals surface area contributed by atoms with Crippen LogP contribution in [0.1, 0.15) is 40.0 Å². The number of thioether (sulfide) groups is 1. The van der Waals surface area contributed by atoms with Crippen LogP contribution in [0.5, 0.6) is 0 Å². The van der Waals surface area contributed by atoms with Gasteiger partial charge < -0.3 is 4.74 Å². The molecule has 1 aromatic rings. The topological polar surface area (TPSA) is 59.5 Å². The molecule has 0 aromatic carbocycles. The second kappa shape index (κ2) is 7.13. The van der Waals surface area contributed by atoms with Crippen molar-refractivity contribution < 1.29 is 14.3 Å². The maximum atomic E-state index is 12.5. The molecule has 1 saturated heterocycles. The highest BCUT2D eigenvalue weighted by atomic mass is 32.2. The number of hydrogen-bond donors (Lipinski definition) is 0. The van der Waals surface area contributed by atoms with Crippen LogP contribution >= 0.6 is 11.8 Å². The predicted octanol–water partition coefficient (Wildman–Crippen LogP) is 3.49. The molecular weight excluding hydrogens is 300 g/mol. The summed E-state index contributed by atoms with van der Waals surface area (Å²) in [6, 6.07) is 5.01. The number of nitrogens with zero attached hydrogens (tertiary/aromatic N) is 2. The molecule has 1 aromatic heterocycles. The molecule has 2 rings (SSSR count). The summed E-state index contributed by atoms with van der Waals surface area (Å²) >= 11 is 1.09. The first kappa shape index (κ1) is 16.8. The van der Waals surface area contributed by atoms with Crippen molar-refractivity contribution in [1.82, 2.24) is 9.88 Å². The van der Waals surface area contributed by atoms with E-state index in [-0.39, 0.29) is 5.12 Å². The standard InChI is InChI=1S/C16H22N2O3S/c1-16(2,3)21-15(20)18-11-7-5-8-12(18)14(19)22-13-9-4-6-10-17-13/h4,6,9-10,12H,5,7-8,11H2,1-3H3. The highest BCUT2D eigenvalue weighted by molar-refractivity contribution is 8.13. The Morgan fingerprint density at radius 1 is 1.32 bits per heavy atom. The molecule has 22 heavy (non-hydrogen) atoms. The number of likely N-dealkylation sites (tertiary alicyclic amines) is 1. The van der Waals surface area contributed by atoms with E-state index in [1.807, 2.05) is 32.9 Å². The van der Waals surface area contributed by atoms with Gasteiger partial charge in [0, 0.05) is 12.7 Å². The van der Waals surface area contributed by atoms with E-state index in [2.05, 4.69) is 4.98 Å². The number of amides is 1. The summed E-state index contributed by atoms with van der Waals surface area (Å²) in [5.74, 6) is 0. The van der Waals surface area contributed by atoms with Crippen molar-refractivity contribution in [3.05, 3.63) is 24.4 Å². The van der Waals surface area contributed by atoms with Crippen LogP contribution in [-0.4, -0.2) is 39.3 Å². The zero-order valence-electron chi connectivity index (χ0n) is 13.2. The van der Waals surface area contributed by atoms with Gasteiger partial charge in [0.15, 0.2) is 0 Å². The summed E-state index contributed by atoms with van der Waals surface area (Å²) < 4.78 is 5.42. The molecule has 1 amide bonds. The minimum Gasteiger partial charge on any atom is -0.444 e. The van der Waals surface area contributed by atoms with Crippen LogP contribution in [0.4, 0.5) is 4.79 Å². The fraction of sp³-hybridized carbons (Fsp3) is 0.562. The Balaban J connectivity index is 2.05. The van der Waals surface area contributed by atoms with E-state index in [1.165, 1.54) is 0 Å². The van der Waals surface area contributed by atoms with Gasteiger partial charge in [-0.3, -0.25) is 9.69 Å². The van der Waals surface area contributed by atoms with E-state index in [0.717, 1.165) is 24.6 Å². The second-order valence-corrected chi connectivity index (χ2v) is 7.30. The van der Waals surface area contributed by atoms with Crippen molar-refractivity contribution in [1.29, 1.82) is 0 Å². The molecule has 1 aliphatic rings. The lowest BCUT2D eigenvalue weighted by Crippen LogP contribution is -2.49. The summed E-state index contributed by atoms with van der Waals surface area (Å²) in [6.07, 6.45) is 3.77. The maximum Gasteiger partial charge on any atom is 0.410 e. The monoisotopic (exact) mass is 322 g/mol. The van der Waals surface area contributed by atoms with Crippen LogP contribution in [0.3, 0.4) is 0 Å². The van der Waals surface area contributed by atoms with Gasteiger partial charge in [-0.2, -0.15) is 0 Å². The fourth-order valence-corrected chi connectivity index (χ4v) is 3.14. The summed E-state index contributed by atoms with van der Waals surface area (Å²) in [6.45, 7) is 6.05. The maximum absolute atomic E-state index is 12.5. The lowest BCUT2D eigenvalue weighted by molar-refractivity contribution is -0.116. The zero-order chi connectivity index (χ0) is 16.2. The number of rotatable bonds is 2. The number of carbonyl (C=O) groups excluding carboxylic acids is 2. The lowest BCUT2D eigenvalue weighted by Gasteiger charge is -2.35. The number of piperidine rings is 1. The van der Waals surface area contributed by atoms with Gasteiger partial charge in [0.1, 0.15) is 16.7 Å². The van der Waals surface area contributed by atoms with Crippen molar-refractivity contribution in [3.8, 4) is 0 Å². The number of hydrogen-bond acceptors (Lipinski definition) is 5. The fourth-order valence-electron chi connectivity index (χ4n) is 2.29. The average molecular weight is 322 g/mol. The molecule has 0 aliphatic carbocycles. The van der Waals surface area contributed by atoms with Gasteiger partial charge in [-0.1, -0.05) is 6.07 Å². The van der Waals surface area contributed by atoms with Crippen molar-refractivity contribution in [2.45, 2.75) is 56.7 Å². The Bertz CT molecular complexity index is 528. The quantitative estimate of drug-likeness (QED) is 0.780. The van der Waals surface area contributed by atoms with Crippen LogP contribution in [0.25, 0.3) is 0 Å². The van der Waals surface area contributed by atoms with Gasteiger partial charge in [0.25, 0.3) is 0 Å². The Hall–Kier alpha value is -1.56. The first-order valence-corrected chi connectivity index (χ1v) is 8.31. The Kier molecular flexibility index (Phi) is 5.45. The minimum atomic E-state index is -0.559. The molecule has 1 unspecified atom stereocenters. The smallest absolute Gasteiger partial charge is 0.410 e. The van der Waals surface area contributed by atoms with E-state index in [1.54, 1.807) is 17.2 Å². The molecule has 0 saturated carbocycles. The molecule has 6 heteroatoms. The molecule has 0 spiro atoms. The van der Waals surface area contributed by atoms with Crippen molar-refractivity contribution in [2.75, 3.05) is 6.54 Å². The van der Waals surface area contributed by atoms with E-state index in [9.17, 15) is 9.59 Å². The molecule has 5 nitrogen and oxygen atoms in total.